The van der Waals surface area contributed by atoms with Crippen molar-refractivity contribution in [2.24, 2.45) is 11.8 Å². The predicted octanol–water partition coefficient (Wildman–Crippen LogP) is 9.59. The summed E-state index contributed by atoms with van der Waals surface area (Å²) in [5, 5.41) is 0. The van der Waals surface area contributed by atoms with Gasteiger partial charge in [0.2, 0.25) is 0 Å². The zero-order valence-corrected chi connectivity index (χ0v) is 22.6. The highest BCUT2D eigenvalue weighted by molar-refractivity contribution is 5.55. The Hall–Kier alpha value is -1.90. The molecule has 1 aromatic carbocycles. The molecule has 194 valence electrons. The molecule has 35 heavy (non-hydrogen) atoms. The van der Waals surface area contributed by atoms with Crippen LogP contribution in [0.5, 0.6) is 5.75 Å². The number of hydrogen-bond acceptors (Lipinski definition) is 3. The monoisotopic (exact) mass is 478 g/mol. The fraction of sp³-hybridized carbons (Fsp3) is 0.688. The predicted molar refractivity (Wildman–Crippen MR) is 149 cm³/mol. The van der Waals surface area contributed by atoms with Crippen LogP contribution in [-0.4, -0.2) is 16.6 Å². The number of nitrogens with zero attached hydrogens (tertiary/aromatic N) is 2. The molecule has 0 spiro atoms. The molecule has 0 atom stereocenters. The van der Waals surface area contributed by atoms with E-state index >= 15 is 0 Å². The van der Waals surface area contributed by atoms with Crippen LogP contribution in [0.4, 0.5) is 0 Å². The molecule has 0 radical (unpaired) electrons. The van der Waals surface area contributed by atoms with Crippen LogP contribution >= 0.6 is 0 Å². The van der Waals surface area contributed by atoms with Crippen molar-refractivity contribution >= 4 is 0 Å². The van der Waals surface area contributed by atoms with E-state index in [1.54, 1.807) is 0 Å². The lowest BCUT2D eigenvalue weighted by Crippen LogP contribution is -2.15. The van der Waals surface area contributed by atoms with E-state index in [1.807, 2.05) is 24.5 Å². The summed E-state index contributed by atoms with van der Waals surface area (Å²) >= 11 is 0. The summed E-state index contributed by atoms with van der Waals surface area (Å²) in [5.41, 5.74) is 2.33. The van der Waals surface area contributed by atoms with Crippen LogP contribution in [0.25, 0.3) is 11.4 Å². The van der Waals surface area contributed by atoms with Gasteiger partial charge in [0, 0.05) is 18.0 Å². The third-order valence-electron chi connectivity index (χ3n) is 7.86. The Morgan fingerprint density at radius 2 is 1.26 bits per heavy atom. The molecule has 0 unspecified atom stereocenters. The SMILES string of the molecule is CCCCCCCCCCOc1ccc(-c2ncc(CC[C@H]3CC[C@H](CCCC)CC3)cn2)cc1. The van der Waals surface area contributed by atoms with Crippen molar-refractivity contribution in [3.63, 3.8) is 0 Å². The number of unbranched alkanes of at least 4 members (excludes halogenated alkanes) is 8. The Labute approximate surface area is 215 Å². The first kappa shape index (κ1) is 27.7. The molecule has 2 aromatic rings. The summed E-state index contributed by atoms with van der Waals surface area (Å²) in [6, 6.07) is 8.26. The summed E-state index contributed by atoms with van der Waals surface area (Å²) in [6.07, 6.45) is 27.0. The maximum atomic E-state index is 5.94. The Morgan fingerprint density at radius 3 is 1.89 bits per heavy atom. The normalized spacial score (nSPS) is 18.0. The number of benzene rings is 1. The Bertz CT molecular complexity index is 778. The molecule has 1 fully saturated rings. The van der Waals surface area contributed by atoms with Gasteiger partial charge in [-0.1, -0.05) is 104 Å². The first-order valence-corrected chi connectivity index (χ1v) is 14.8. The van der Waals surface area contributed by atoms with Crippen molar-refractivity contribution in [3.8, 4) is 17.1 Å². The van der Waals surface area contributed by atoms with Crippen LogP contribution < -0.4 is 4.74 Å². The van der Waals surface area contributed by atoms with Gasteiger partial charge < -0.3 is 4.74 Å². The van der Waals surface area contributed by atoms with Crippen LogP contribution in [0, 0.1) is 11.8 Å². The van der Waals surface area contributed by atoms with Crippen LogP contribution in [0.1, 0.15) is 122 Å². The van der Waals surface area contributed by atoms with E-state index in [1.165, 1.54) is 102 Å². The maximum Gasteiger partial charge on any atom is 0.159 e. The molecule has 0 bridgehead atoms. The molecule has 3 nitrogen and oxygen atoms in total. The van der Waals surface area contributed by atoms with Crippen molar-refractivity contribution in [1.29, 1.82) is 0 Å². The van der Waals surface area contributed by atoms with Gasteiger partial charge in [-0.25, -0.2) is 9.97 Å². The zero-order chi connectivity index (χ0) is 24.6. The van der Waals surface area contributed by atoms with E-state index < -0.39 is 0 Å². The molecule has 3 rings (SSSR count). The highest BCUT2D eigenvalue weighted by atomic mass is 16.5. The number of aryl methyl sites for hydroxylation is 1. The van der Waals surface area contributed by atoms with Gasteiger partial charge in [0.25, 0.3) is 0 Å². The lowest BCUT2D eigenvalue weighted by molar-refractivity contribution is 0.250. The highest BCUT2D eigenvalue weighted by Crippen LogP contribution is 2.34. The number of aromatic nitrogens is 2. The van der Waals surface area contributed by atoms with Gasteiger partial charge in [-0.3, -0.25) is 0 Å². The quantitative estimate of drug-likeness (QED) is 0.212. The summed E-state index contributed by atoms with van der Waals surface area (Å²) in [4.78, 5) is 9.32. The molecular weight excluding hydrogens is 428 g/mol. The minimum absolute atomic E-state index is 0.805. The second-order valence-corrected chi connectivity index (χ2v) is 10.8. The minimum atomic E-state index is 0.805. The van der Waals surface area contributed by atoms with Crippen molar-refractivity contribution in [3.05, 3.63) is 42.2 Å². The molecule has 3 heteroatoms. The third-order valence-corrected chi connectivity index (χ3v) is 7.86. The average Bonchev–Trinajstić information content (AvgIpc) is 2.91. The molecular formula is C32H50N2O. The van der Waals surface area contributed by atoms with E-state index in [-0.39, 0.29) is 0 Å². The minimum Gasteiger partial charge on any atom is -0.494 e. The van der Waals surface area contributed by atoms with Crippen molar-refractivity contribution in [2.75, 3.05) is 6.61 Å². The molecule has 0 aliphatic heterocycles. The smallest absolute Gasteiger partial charge is 0.159 e. The molecule has 1 heterocycles. The van der Waals surface area contributed by atoms with Crippen LogP contribution in [0.15, 0.2) is 36.7 Å². The van der Waals surface area contributed by atoms with E-state index in [0.717, 1.165) is 48.4 Å². The number of rotatable bonds is 17. The average molecular weight is 479 g/mol. The van der Waals surface area contributed by atoms with Crippen LogP contribution in [0.3, 0.4) is 0 Å². The van der Waals surface area contributed by atoms with Gasteiger partial charge in [0.1, 0.15) is 5.75 Å². The Morgan fingerprint density at radius 1 is 0.686 bits per heavy atom. The van der Waals surface area contributed by atoms with Crippen molar-refractivity contribution in [2.45, 2.75) is 123 Å². The Balaban J connectivity index is 1.31. The van der Waals surface area contributed by atoms with E-state index in [2.05, 4.69) is 35.9 Å². The van der Waals surface area contributed by atoms with Gasteiger partial charge >= 0.3 is 0 Å². The lowest BCUT2D eigenvalue weighted by Gasteiger charge is -2.28. The van der Waals surface area contributed by atoms with Gasteiger partial charge in [-0.15, -0.1) is 0 Å². The molecule has 0 N–H and O–H groups in total. The topological polar surface area (TPSA) is 35.0 Å². The number of hydrogen-bond donors (Lipinski definition) is 0. The van der Waals surface area contributed by atoms with Crippen LogP contribution in [0.2, 0.25) is 0 Å². The zero-order valence-electron chi connectivity index (χ0n) is 22.6. The fourth-order valence-corrected chi connectivity index (χ4v) is 5.43. The summed E-state index contributed by atoms with van der Waals surface area (Å²) < 4.78 is 5.94. The second-order valence-electron chi connectivity index (χ2n) is 10.8. The van der Waals surface area contributed by atoms with Crippen molar-refractivity contribution in [1.82, 2.24) is 9.97 Å². The number of ether oxygens (including phenoxy) is 1. The highest BCUT2D eigenvalue weighted by Gasteiger charge is 2.20. The molecule has 0 saturated heterocycles. The van der Waals surface area contributed by atoms with Gasteiger partial charge in [-0.2, -0.15) is 0 Å². The van der Waals surface area contributed by atoms with Gasteiger partial charge in [-0.05, 0) is 60.9 Å². The van der Waals surface area contributed by atoms with E-state index in [9.17, 15) is 0 Å². The molecule has 1 aliphatic carbocycles. The maximum absolute atomic E-state index is 5.94. The standard InChI is InChI=1S/C32H50N2O/c1-3-5-7-8-9-10-11-12-24-35-31-22-20-30(21-23-31)32-33-25-29(26-34-32)19-18-28-16-14-27(15-17-28)13-6-4-2/h20-23,25-28H,3-19,24H2,1-2H3/t27-,28-. The fourth-order valence-electron chi connectivity index (χ4n) is 5.43. The third kappa shape index (κ3) is 10.7. The first-order valence-electron chi connectivity index (χ1n) is 14.8. The largest absolute Gasteiger partial charge is 0.494 e. The summed E-state index contributed by atoms with van der Waals surface area (Å²) in [5.74, 6) is 3.64. The van der Waals surface area contributed by atoms with Crippen LogP contribution in [-0.2, 0) is 6.42 Å². The molecule has 1 saturated carbocycles. The molecule has 1 aliphatic rings. The molecule has 1 aromatic heterocycles. The summed E-state index contributed by atoms with van der Waals surface area (Å²) in [7, 11) is 0. The molecule has 0 amide bonds. The van der Waals surface area contributed by atoms with Gasteiger partial charge in [0.15, 0.2) is 5.82 Å². The Kier molecular flexibility index (Phi) is 13.2. The van der Waals surface area contributed by atoms with Gasteiger partial charge in [0.05, 0.1) is 6.61 Å². The summed E-state index contributed by atoms with van der Waals surface area (Å²) in [6.45, 7) is 5.38. The lowest BCUT2D eigenvalue weighted by atomic mass is 9.78. The second kappa shape index (κ2) is 16.7. The van der Waals surface area contributed by atoms with E-state index in [0.29, 0.717) is 0 Å². The van der Waals surface area contributed by atoms with E-state index in [4.69, 9.17) is 4.74 Å². The van der Waals surface area contributed by atoms with Crippen molar-refractivity contribution < 1.29 is 4.74 Å². The first-order chi connectivity index (χ1) is 17.3.